The Morgan fingerprint density at radius 2 is 2.24 bits per heavy atom. The summed E-state index contributed by atoms with van der Waals surface area (Å²) in [5, 5.41) is 11.1. The molecule has 6 heteroatoms. The number of rotatable bonds is 5. The number of hydrogen-bond acceptors (Lipinski definition) is 4. The molecule has 0 radical (unpaired) electrons. The first-order valence-corrected chi connectivity index (χ1v) is 5.04. The zero-order valence-corrected chi connectivity index (χ0v) is 9.64. The zero-order valence-electron chi connectivity index (χ0n) is 9.64. The molecule has 0 fully saturated rings. The van der Waals surface area contributed by atoms with Crippen LogP contribution < -0.4 is 10.1 Å². The van der Waals surface area contributed by atoms with E-state index in [9.17, 15) is 9.59 Å². The lowest BCUT2D eigenvalue weighted by atomic mass is 10.1. The van der Waals surface area contributed by atoms with Gasteiger partial charge in [0.25, 0.3) is 0 Å². The summed E-state index contributed by atoms with van der Waals surface area (Å²) in [6, 6.07) is 3.42. The highest BCUT2D eigenvalue weighted by atomic mass is 16.5. The molecule has 0 aromatic carbocycles. The van der Waals surface area contributed by atoms with Gasteiger partial charge in [-0.05, 0) is 12.5 Å². The molecular formula is C11H14N2O4. The SMILES string of the molecule is COc1ccc(CNC(=O)C(C)C(=O)O)cn1. The highest BCUT2D eigenvalue weighted by Gasteiger charge is 2.19. The quantitative estimate of drug-likeness (QED) is 0.726. The van der Waals surface area contributed by atoms with E-state index in [2.05, 4.69) is 10.3 Å². The van der Waals surface area contributed by atoms with Crippen molar-refractivity contribution in [3.63, 3.8) is 0 Å². The Morgan fingerprint density at radius 1 is 1.53 bits per heavy atom. The molecule has 0 aliphatic heterocycles. The van der Waals surface area contributed by atoms with Crippen molar-refractivity contribution in [1.82, 2.24) is 10.3 Å². The molecule has 1 heterocycles. The van der Waals surface area contributed by atoms with Gasteiger partial charge in [0.15, 0.2) is 0 Å². The second-order valence-electron chi connectivity index (χ2n) is 3.49. The fourth-order valence-corrected chi connectivity index (χ4v) is 1.09. The van der Waals surface area contributed by atoms with E-state index in [-0.39, 0.29) is 6.54 Å². The van der Waals surface area contributed by atoms with Gasteiger partial charge in [-0.3, -0.25) is 9.59 Å². The molecule has 0 saturated carbocycles. The normalized spacial score (nSPS) is 11.6. The number of methoxy groups -OCH3 is 1. The van der Waals surface area contributed by atoms with Crippen molar-refractivity contribution in [1.29, 1.82) is 0 Å². The highest BCUT2D eigenvalue weighted by Crippen LogP contribution is 2.06. The van der Waals surface area contributed by atoms with E-state index in [1.165, 1.54) is 14.0 Å². The molecular weight excluding hydrogens is 224 g/mol. The molecule has 6 nitrogen and oxygen atoms in total. The lowest BCUT2D eigenvalue weighted by molar-refractivity contribution is -0.146. The minimum absolute atomic E-state index is 0.243. The summed E-state index contributed by atoms with van der Waals surface area (Å²) >= 11 is 0. The second-order valence-corrected chi connectivity index (χ2v) is 3.49. The van der Waals surface area contributed by atoms with Crippen LogP contribution in [0.5, 0.6) is 5.88 Å². The van der Waals surface area contributed by atoms with Crippen LogP contribution in [-0.4, -0.2) is 29.1 Å². The first kappa shape index (κ1) is 13.0. The number of aliphatic carboxylic acids is 1. The number of carbonyl (C=O) groups excluding carboxylic acids is 1. The lowest BCUT2D eigenvalue weighted by Gasteiger charge is -2.08. The first-order valence-electron chi connectivity index (χ1n) is 5.04. The molecule has 1 rings (SSSR count). The van der Waals surface area contributed by atoms with Crippen LogP contribution in [0.15, 0.2) is 18.3 Å². The molecule has 1 unspecified atom stereocenters. The Labute approximate surface area is 98.6 Å². The van der Waals surface area contributed by atoms with Gasteiger partial charge in [0.1, 0.15) is 5.92 Å². The topological polar surface area (TPSA) is 88.5 Å². The van der Waals surface area contributed by atoms with E-state index in [4.69, 9.17) is 9.84 Å². The van der Waals surface area contributed by atoms with Crippen LogP contribution in [0.2, 0.25) is 0 Å². The van der Waals surface area contributed by atoms with Gasteiger partial charge in [-0.2, -0.15) is 0 Å². The van der Waals surface area contributed by atoms with Gasteiger partial charge in [-0.1, -0.05) is 6.07 Å². The van der Waals surface area contributed by atoms with Gasteiger partial charge >= 0.3 is 5.97 Å². The summed E-state index contributed by atoms with van der Waals surface area (Å²) in [6.07, 6.45) is 1.56. The molecule has 1 atom stereocenters. The molecule has 0 bridgehead atoms. The third kappa shape index (κ3) is 3.75. The Kier molecular flexibility index (Phi) is 4.45. The predicted molar refractivity (Wildman–Crippen MR) is 59.4 cm³/mol. The summed E-state index contributed by atoms with van der Waals surface area (Å²) in [4.78, 5) is 25.9. The van der Waals surface area contributed by atoms with E-state index in [0.717, 1.165) is 5.56 Å². The standard InChI is InChI=1S/C11H14N2O4/c1-7(11(15)16)10(14)13-6-8-3-4-9(17-2)12-5-8/h3-5,7H,6H2,1-2H3,(H,13,14)(H,15,16). The molecule has 0 aliphatic rings. The minimum Gasteiger partial charge on any atom is -0.481 e. The molecule has 1 aromatic rings. The molecule has 1 aromatic heterocycles. The van der Waals surface area contributed by atoms with Crippen LogP contribution in [0.25, 0.3) is 0 Å². The Bertz CT molecular complexity index is 402. The van der Waals surface area contributed by atoms with E-state index in [0.29, 0.717) is 5.88 Å². The molecule has 0 saturated heterocycles. The Morgan fingerprint density at radius 3 is 2.71 bits per heavy atom. The van der Waals surface area contributed by atoms with Crippen LogP contribution in [-0.2, 0) is 16.1 Å². The van der Waals surface area contributed by atoms with Crippen molar-refractivity contribution in [2.75, 3.05) is 7.11 Å². The number of hydrogen-bond donors (Lipinski definition) is 2. The van der Waals surface area contributed by atoms with Gasteiger partial charge in [-0.15, -0.1) is 0 Å². The largest absolute Gasteiger partial charge is 0.481 e. The number of carboxylic acid groups (broad SMARTS) is 1. The monoisotopic (exact) mass is 238 g/mol. The summed E-state index contributed by atoms with van der Waals surface area (Å²) in [7, 11) is 1.51. The number of ether oxygens (including phenoxy) is 1. The van der Waals surface area contributed by atoms with E-state index in [1.807, 2.05) is 0 Å². The van der Waals surface area contributed by atoms with Crippen LogP contribution in [0.4, 0.5) is 0 Å². The van der Waals surface area contributed by atoms with Crippen LogP contribution >= 0.6 is 0 Å². The number of carboxylic acids is 1. The second kappa shape index (κ2) is 5.83. The third-order valence-electron chi connectivity index (χ3n) is 2.24. The van der Waals surface area contributed by atoms with E-state index < -0.39 is 17.8 Å². The number of nitrogens with zero attached hydrogens (tertiary/aromatic N) is 1. The molecule has 17 heavy (non-hydrogen) atoms. The summed E-state index contributed by atoms with van der Waals surface area (Å²) in [5.74, 6) is -2.23. The molecule has 2 N–H and O–H groups in total. The predicted octanol–water partition coefficient (Wildman–Crippen LogP) is 0.427. The number of carbonyl (C=O) groups is 2. The number of pyridine rings is 1. The van der Waals surface area contributed by atoms with Crippen LogP contribution in [0.3, 0.4) is 0 Å². The summed E-state index contributed by atoms with van der Waals surface area (Å²) in [6.45, 7) is 1.58. The van der Waals surface area contributed by atoms with Crippen molar-refractivity contribution in [3.8, 4) is 5.88 Å². The van der Waals surface area contributed by atoms with E-state index >= 15 is 0 Å². The van der Waals surface area contributed by atoms with Gasteiger partial charge in [0.2, 0.25) is 11.8 Å². The van der Waals surface area contributed by atoms with Gasteiger partial charge in [-0.25, -0.2) is 4.98 Å². The fraction of sp³-hybridized carbons (Fsp3) is 0.364. The molecule has 0 spiro atoms. The maximum Gasteiger partial charge on any atom is 0.315 e. The van der Waals surface area contributed by atoms with Gasteiger partial charge < -0.3 is 15.2 Å². The Hall–Kier alpha value is -2.11. The fourth-order valence-electron chi connectivity index (χ4n) is 1.09. The maximum absolute atomic E-state index is 11.3. The number of nitrogens with one attached hydrogen (secondary N) is 1. The molecule has 92 valence electrons. The van der Waals surface area contributed by atoms with Crippen molar-refractivity contribution < 1.29 is 19.4 Å². The first-order chi connectivity index (χ1) is 8.04. The average molecular weight is 238 g/mol. The zero-order chi connectivity index (χ0) is 12.8. The van der Waals surface area contributed by atoms with Crippen molar-refractivity contribution in [2.45, 2.75) is 13.5 Å². The average Bonchev–Trinajstić information content (AvgIpc) is 2.35. The van der Waals surface area contributed by atoms with E-state index in [1.54, 1.807) is 18.3 Å². The molecule has 1 amide bonds. The van der Waals surface area contributed by atoms with Crippen molar-refractivity contribution >= 4 is 11.9 Å². The minimum atomic E-state index is -1.14. The van der Waals surface area contributed by atoms with Crippen molar-refractivity contribution in [3.05, 3.63) is 23.9 Å². The summed E-state index contributed by atoms with van der Waals surface area (Å²) in [5.41, 5.74) is 0.775. The molecule has 0 aliphatic carbocycles. The summed E-state index contributed by atoms with van der Waals surface area (Å²) < 4.78 is 4.89. The van der Waals surface area contributed by atoms with Gasteiger partial charge in [0, 0.05) is 18.8 Å². The lowest BCUT2D eigenvalue weighted by Crippen LogP contribution is -2.33. The smallest absolute Gasteiger partial charge is 0.315 e. The number of aromatic nitrogens is 1. The van der Waals surface area contributed by atoms with Gasteiger partial charge in [0.05, 0.1) is 7.11 Å². The van der Waals surface area contributed by atoms with Crippen molar-refractivity contribution in [2.24, 2.45) is 5.92 Å². The van der Waals surface area contributed by atoms with Crippen LogP contribution in [0, 0.1) is 5.92 Å². The maximum atomic E-state index is 11.3. The number of amides is 1. The van der Waals surface area contributed by atoms with Crippen LogP contribution in [0.1, 0.15) is 12.5 Å². The Balaban J connectivity index is 2.50. The third-order valence-corrected chi connectivity index (χ3v) is 2.24. The highest BCUT2D eigenvalue weighted by molar-refractivity contribution is 5.96.